The van der Waals surface area contributed by atoms with Crippen LogP contribution in [0.25, 0.3) is 17.1 Å². The van der Waals surface area contributed by atoms with E-state index in [-0.39, 0.29) is 0 Å². The molecule has 0 aliphatic carbocycles. The van der Waals surface area contributed by atoms with Gasteiger partial charge in [0, 0.05) is 6.54 Å². The van der Waals surface area contributed by atoms with Crippen LogP contribution in [-0.4, -0.2) is 23.6 Å². The third-order valence-electron chi connectivity index (χ3n) is 2.92. The molecule has 94 valence electrons. The number of likely N-dealkylation sites (N-methyl/N-ethyl adjacent to an activating group) is 1. The van der Waals surface area contributed by atoms with E-state index < -0.39 is 0 Å². The molecule has 3 heteroatoms. The molecule has 0 bridgehead atoms. The monoisotopic (exact) mass is 241 g/mol. The predicted octanol–water partition coefficient (Wildman–Crippen LogP) is 2.89. The summed E-state index contributed by atoms with van der Waals surface area (Å²) in [5, 5.41) is 3.19. The van der Waals surface area contributed by atoms with Crippen molar-refractivity contribution >= 4 is 17.1 Å². The van der Waals surface area contributed by atoms with Gasteiger partial charge < -0.3 is 5.32 Å². The molecule has 18 heavy (non-hydrogen) atoms. The number of nitrogens with zero attached hydrogens (tertiary/aromatic N) is 2. The Balaban J connectivity index is 2.38. The van der Waals surface area contributed by atoms with Gasteiger partial charge in [0.1, 0.15) is 0 Å². The largest absolute Gasteiger partial charge is 0.316 e. The quantitative estimate of drug-likeness (QED) is 0.894. The highest BCUT2D eigenvalue weighted by Gasteiger charge is 2.04. The fourth-order valence-electron chi connectivity index (χ4n) is 1.86. The summed E-state index contributed by atoms with van der Waals surface area (Å²) in [6.45, 7) is 5.27. The molecule has 2 aromatic rings. The molecule has 0 aliphatic heterocycles. The molecular weight excluding hydrogens is 222 g/mol. The van der Waals surface area contributed by atoms with Crippen LogP contribution in [0.5, 0.6) is 0 Å². The standard InChI is InChI=1S/C15H19N3/c1-11(2)12(9-16-3)8-13-10-17-14-6-4-5-7-15(14)18-13/h4-8,10-11,16H,9H2,1-3H3. The molecule has 3 nitrogen and oxygen atoms in total. The van der Waals surface area contributed by atoms with Gasteiger partial charge in [-0.05, 0) is 31.2 Å². The molecule has 0 radical (unpaired) electrons. The topological polar surface area (TPSA) is 37.8 Å². The number of benzene rings is 1. The second-order valence-corrected chi connectivity index (χ2v) is 4.69. The van der Waals surface area contributed by atoms with Crippen molar-refractivity contribution in [3.05, 3.63) is 41.7 Å². The lowest BCUT2D eigenvalue weighted by Gasteiger charge is -2.10. The normalized spacial score (nSPS) is 12.3. The molecule has 0 spiro atoms. The van der Waals surface area contributed by atoms with Crippen LogP contribution in [0, 0.1) is 5.92 Å². The Morgan fingerprint density at radius 2 is 2.00 bits per heavy atom. The molecule has 1 aromatic carbocycles. The van der Waals surface area contributed by atoms with Crippen LogP contribution in [-0.2, 0) is 0 Å². The third kappa shape index (κ3) is 2.93. The first-order chi connectivity index (χ1) is 8.70. The minimum atomic E-state index is 0.505. The lowest BCUT2D eigenvalue weighted by atomic mass is 10.0. The molecule has 1 heterocycles. The van der Waals surface area contributed by atoms with Gasteiger partial charge in [-0.1, -0.05) is 31.6 Å². The lowest BCUT2D eigenvalue weighted by Crippen LogP contribution is -2.14. The first-order valence-electron chi connectivity index (χ1n) is 6.27. The smallest absolute Gasteiger partial charge is 0.0894 e. The minimum Gasteiger partial charge on any atom is -0.316 e. The van der Waals surface area contributed by atoms with Crippen molar-refractivity contribution in [2.45, 2.75) is 13.8 Å². The molecule has 0 aliphatic rings. The van der Waals surface area contributed by atoms with Crippen LogP contribution < -0.4 is 5.32 Å². The van der Waals surface area contributed by atoms with E-state index in [1.54, 1.807) is 0 Å². The maximum atomic E-state index is 4.61. The predicted molar refractivity (Wildman–Crippen MR) is 76.3 cm³/mol. The van der Waals surface area contributed by atoms with Crippen molar-refractivity contribution in [3.8, 4) is 0 Å². The molecule has 0 unspecified atom stereocenters. The lowest BCUT2D eigenvalue weighted by molar-refractivity contribution is 0.712. The van der Waals surface area contributed by atoms with E-state index in [1.165, 1.54) is 5.57 Å². The van der Waals surface area contributed by atoms with E-state index >= 15 is 0 Å². The SMILES string of the molecule is CNCC(=Cc1cnc2ccccc2n1)C(C)C. The maximum absolute atomic E-state index is 4.61. The number of rotatable bonds is 4. The van der Waals surface area contributed by atoms with Crippen LogP contribution in [0.1, 0.15) is 19.5 Å². The van der Waals surface area contributed by atoms with Gasteiger partial charge >= 0.3 is 0 Å². The van der Waals surface area contributed by atoms with Gasteiger partial charge in [0.05, 0.1) is 22.9 Å². The van der Waals surface area contributed by atoms with Gasteiger partial charge in [-0.3, -0.25) is 4.98 Å². The van der Waals surface area contributed by atoms with Crippen molar-refractivity contribution < 1.29 is 0 Å². The van der Waals surface area contributed by atoms with Crippen molar-refractivity contribution in [1.29, 1.82) is 0 Å². The number of hydrogen-bond donors (Lipinski definition) is 1. The van der Waals surface area contributed by atoms with E-state index in [4.69, 9.17) is 0 Å². The average Bonchev–Trinajstić information content (AvgIpc) is 2.38. The zero-order valence-electron chi connectivity index (χ0n) is 11.1. The van der Waals surface area contributed by atoms with Crippen LogP contribution in [0.15, 0.2) is 36.0 Å². The molecule has 0 atom stereocenters. The first-order valence-corrected chi connectivity index (χ1v) is 6.27. The molecule has 0 saturated heterocycles. The Kier molecular flexibility index (Phi) is 4.05. The van der Waals surface area contributed by atoms with Gasteiger partial charge in [-0.2, -0.15) is 0 Å². The molecule has 0 amide bonds. The Labute approximate surface area is 108 Å². The summed E-state index contributed by atoms with van der Waals surface area (Å²) in [6, 6.07) is 7.94. The molecule has 0 saturated carbocycles. The van der Waals surface area contributed by atoms with E-state index in [9.17, 15) is 0 Å². The number of hydrogen-bond acceptors (Lipinski definition) is 3. The Bertz CT molecular complexity index is 558. The highest BCUT2D eigenvalue weighted by atomic mass is 14.8. The van der Waals surface area contributed by atoms with Crippen LogP contribution >= 0.6 is 0 Å². The fraction of sp³-hybridized carbons (Fsp3) is 0.333. The second kappa shape index (κ2) is 5.74. The van der Waals surface area contributed by atoms with E-state index in [0.717, 1.165) is 23.3 Å². The van der Waals surface area contributed by atoms with Gasteiger partial charge in [-0.15, -0.1) is 0 Å². The number of aromatic nitrogens is 2. The Hall–Kier alpha value is -1.74. The van der Waals surface area contributed by atoms with Crippen molar-refractivity contribution in [2.75, 3.05) is 13.6 Å². The molecule has 1 aromatic heterocycles. The fourth-order valence-corrected chi connectivity index (χ4v) is 1.86. The Morgan fingerprint density at radius 3 is 2.67 bits per heavy atom. The first kappa shape index (κ1) is 12.7. The molecule has 1 N–H and O–H groups in total. The average molecular weight is 241 g/mol. The summed E-state index contributed by atoms with van der Waals surface area (Å²) < 4.78 is 0. The van der Waals surface area contributed by atoms with Crippen LogP contribution in [0.2, 0.25) is 0 Å². The second-order valence-electron chi connectivity index (χ2n) is 4.69. The zero-order chi connectivity index (χ0) is 13.0. The van der Waals surface area contributed by atoms with Crippen molar-refractivity contribution in [2.24, 2.45) is 5.92 Å². The van der Waals surface area contributed by atoms with Gasteiger partial charge in [0.2, 0.25) is 0 Å². The van der Waals surface area contributed by atoms with Gasteiger partial charge in [-0.25, -0.2) is 4.98 Å². The van der Waals surface area contributed by atoms with Gasteiger partial charge in [0.25, 0.3) is 0 Å². The number of para-hydroxylation sites is 2. The summed E-state index contributed by atoms with van der Waals surface area (Å²) in [5.74, 6) is 0.505. The van der Waals surface area contributed by atoms with Crippen LogP contribution in [0.4, 0.5) is 0 Å². The summed E-state index contributed by atoms with van der Waals surface area (Å²) >= 11 is 0. The van der Waals surface area contributed by atoms with E-state index in [1.807, 2.05) is 37.5 Å². The maximum Gasteiger partial charge on any atom is 0.0894 e. The van der Waals surface area contributed by atoms with E-state index in [0.29, 0.717) is 5.92 Å². The molecule has 0 fully saturated rings. The minimum absolute atomic E-state index is 0.505. The summed E-state index contributed by atoms with van der Waals surface area (Å²) in [6.07, 6.45) is 3.96. The number of nitrogens with one attached hydrogen (secondary N) is 1. The summed E-state index contributed by atoms with van der Waals surface area (Å²) in [5.41, 5.74) is 4.14. The zero-order valence-corrected chi connectivity index (χ0v) is 11.1. The summed E-state index contributed by atoms with van der Waals surface area (Å²) in [4.78, 5) is 9.04. The van der Waals surface area contributed by atoms with Crippen molar-refractivity contribution in [3.63, 3.8) is 0 Å². The van der Waals surface area contributed by atoms with Crippen molar-refractivity contribution in [1.82, 2.24) is 15.3 Å². The Morgan fingerprint density at radius 1 is 1.28 bits per heavy atom. The highest BCUT2D eigenvalue weighted by Crippen LogP contribution is 2.14. The highest BCUT2D eigenvalue weighted by molar-refractivity contribution is 5.74. The third-order valence-corrected chi connectivity index (χ3v) is 2.92. The molecule has 2 rings (SSSR count). The van der Waals surface area contributed by atoms with Gasteiger partial charge in [0.15, 0.2) is 0 Å². The van der Waals surface area contributed by atoms with Crippen LogP contribution in [0.3, 0.4) is 0 Å². The van der Waals surface area contributed by atoms with E-state index in [2.05, 4.69) is 35.2 Å². The molecular formula is C15H19N3. The summed E-state index contributed by atoms with van der Waals surface area (Å²) in [7, 11) is 1.96. The number of fused-ring (bicyclic) bond motifs is 1.